The molecule has 3 aromatic heterocycles. The first-order valence-corrected chi connectivity index (χ1v) is 9.29. The predicted molar refractivity (Wildman–Crippen MR) is 116 cm³/mol. The van der Waals surface area contributed by atoms with Crippen molar-refractivity contribution in [3.8, 4) is 22.1 Å². The zero-order valence-corrected chi connectivity index (χ0v) is 16.4. The third kappa shape index (κ3) is 3.79. The van der Waals surface area contributed by atoms with Gasteiger partial charge in [0, 0.05) is 31.1 Å². The van der Waals surface area contributed by atoms with Gasteiger partial charge in [0.05, 0.1) is 16.3 Å². The molecule has 3 heterocycles. The van der Waals surface area contributed by atoms with Gasteiger partial charge in [-0.3, -0.25) is 4.68 Å². The maximum absolute atomic E-state index is 7.80. The molecule has 0 atom stereocenters. The number of aryl methyl sites for hydroxylation is 2. The van der Waals surface area contributed by atoms with E-state index in [0.717, 1.165) is 33.5 Å². The molecule has 0 spiro atoms. The Morgan fingerprint density at radius 1 is 1.33 bits per heavy atom. The van der Waals surface area contributed by atoms with Crippen LogP contribution in [0.25, 0.3) is 28.2 Å². The van der Waals surface area contributed by atoms with Gasteiger partial charge in [-0.2, -0.15) is 5.10 Å². The number of rotatable bonds is 6. The SMILES string of the molecule is C.C=Cc1sc(-c2cc(C)nn2CC)nc1-c1nc(Cl)cc(NC)c1C=N. The van der Waals surface area contributed by atoms with Gasteiger partial charge in [-0.05, 0) is 32.1 Å². The van der Waals surface area contributed by atoms with Crippen molar-refractivity contribution in [3.05, 3.63) is 40.0 Å². The molecule has 142 valence electrons. The van der Waals surface area contributed by atoms with Crippen molar-refractivity contribution in [2.24, 2.45) is 0 Å². The van der Waals surface area contributed by atoms with Crippen LogP contribution in [0.5, 0.6) is 0 Å². The average Bonchev–Trinajstić information content (AvgIpc) is 3.23. The lowest BCUT2D eigenvalue weighted by Crippen LogP contribution is -2.01. The molecule has 6 nitrogen and oxygen atoms in total. The van der Waals surface area contributed by atoms with Crippen molar-refractivity contribution >= 4 is 40.9 Å². The first-order chi connectivity index (χ1) is 12.5. The number of halogens is 1. The van der Waals surface area contributed by atoms with Crippen molar-refractivity contribution in [2.45, 2.75) is 27.8 Å². The lowest BCUT2D eigenvalue weighted by Gasteiger charge is -2.10. The maximum Gasteiger partial charge on any atom is 0.142 e. The zero-order chi connectivity index (χ0) is 18.8. The van der Waals surface area contributed by atoms with Crippen LogP contribution in [0.15, 0.2) is 18.7 Å². The molecule has 0 amide bonds. The number of anilines is 1. The van der Waals surface area contributed by atoms with Crippen molar-refractivity contribution < 1.29 is 0 Å². The molecule has 0 bridgehead atoms. The van der Waals surface area contributed by atoms with Crippen molar-refractivity contribution in [1.82, 2.24) is 19.7 Å². The molecule has 0 aliphatic rings. The summed E-state index contributed by atoms with van der Waals surface area (Å²) < 4.78 is 1.92. The van der Waals surface area contributed by atoms with E-state index in [0.29, 0.717) is 22.1 Å². The molecule has 0 saturated carbocycles. The van der Waals surface area contributed by atoms with Crippen LogP contribution in [-0.4, -0.2) is 33.0 Å². The van der Waals surface area contributed by atoms with Gasteiger partial charge >= 0.3 is 0 Å². The van der Waals surface area contributed by atoms with Crippen molar-refractivity contribution in [2.75, 3.05) is 12.4 Å². The molecule has 27 heavy (non-hydrogen) atoms. The van der Waals surface area contributed by atoms with E-state index in [9.17, 15) is 0 Å². The number of nitrogens with one attached hydrogen (secondary N) is 2. The number of pyridine rings is 1. The van der Waals surface area contributed by atoms with E-state index >= 15 is 0 Å². The summed E-state index contributed by atoms with van der Waals surface area (Å²) in [5, 5.41) is 16.5. The Balaban J connectivity index is 0.00000261. The molecule has 3 aromatic rings. The monoisotopic (exact) mass is 402 g/mol. The Bertz CT molecular complexity index is 988. The van der Waals surface area contributed by atoms with Crippen LogP contribution >= 0.6 is 22.9 Å². The van der Waals surface area contributed by atoms with Crippen LogP contribution in [0.1, 0.15) is 30.5 Å². The van der Waals surface area contributed by atoms with Crippen LogP contribution in [0.2, 0.25) is 5.15 Å². The van der Waals surface area contributed by atoms with E-state index < -0.39 is 0 Å². The van der Waals surface area contributed by atoms with Crippen molar-refractivity contribution in [3.63, 3.8) is 0 Å². The minimum atomic E-state index is 0. The van der Waals surface area contributed by atoms with Gasteiger partial charge in [-0.25, -0.2) is 9.97 Å². The number of thiazole rings is 1. The zero-order valence-electron chi connectivity index (χ0n) is 14.8. The van der Waals surface area contributed by atoms with Gasteiger partial charge < -0.3 is 10.7 Å². The van der Waals surface area contributed by atoms with Crippen molar-refractivity contribution in [1.29, 1.82) is 5.41 Å². The third-order valence-corrected chi connectivity index (χ3v) is 5.19. The molecular weight excluding hydrogens is 380 g/mol. The van der Waals surface area contributed by atoms with Gasteiger partial charge in [0.25, 0.3) is 0 Å². The Labute approximate surface area is 168 Å². The largest absolute Gasteiger partial charge is 0.387 e. The van der Waals surface area contributed by atoms with Gasteiger partial charge in [0.2, 0.25) is 0 Å². The van der Waals surface area contributed by atoms with E-state index in [4.69, 9.17) is 22.0 Å². The molecule has 0 aromatic carbocycles. The first-order valence-electron chi connectivity index (χ1n) is 8.09. The standard InChI is InChI=1S/C18H19ClN6S.CH4/c1-5-14-17(16-11(9-20)12(21-4)8-15(19)22-16)23-18(26-14)13-7-10(3)24-25(13)6-2;/h5,7-9,20H,1,6H2,2-4H3,(H,21,22);1H4. The molecule has 8 heteroatoms. The Morgan fingerprint density at radius 2 is 2.07 bits per heavy atom. The summed E-state index contributed by atoms with van der Waals surface area (Å²) in [6.45, 7) is 8.67. The summed E-state index contributed by atoms with van der Waals surface area (Å²) in [7, 11) is 1.78. The van der Waals surface area contributed by atoms with E-state index in [-0.39, 0.29) is 7.43 Å². The van der Waals surface area contributed by atoms with Crippen LogP contribution < -0.4 is 5.32 Å². The lowest BCUT2D eigenvalue weighted by molar-refractivity contribution is 0.660. The second-order valence-corrected chi connectivity index (χ2v) is 6.99. The third-order valence-electron chi connectivity index (χ3n) is 3.92. The summed E-state index contributed by atoms with van der Waals surface area (Å²) in [6.07, 6.45) is 3.02. The number of aromatic nitrogens is 4. The Morgan fingerprint density at radius 3 is 2.67 bits per heavy atom. The molecule has 3 rings (SSSR count). The van der Waals surface area contributed by atoms with E-state index in [1.165, 1.54) is 17.6 Å². The lowest BCUT2D eigenvalue weighted by atomic mass is 10.1. The Kier molecular flexibility index (Phi) is 6.51. The van der Waals surface area contributed by atoms with Crippen LogP contribution in [0.3, 0.4) is 0 Å². The minimum Gasteiger partial charge on any atom is -0.387 e. The summed E-state index contributed by atoms with van der Waals surface area (Å²) in [5.41, 5.74) is 4.49. The molecular formula is C19H23ClN6S. The summed E-state index contributed by atoms with van der Waals surface area (Å²) in [5.74, 6) is 0. The highest BCUT2D eigenvalue weighted by molar-refractivity contribution is 7.16. The summed E-state index contributed by atoms with van der Waals surface area (Å²) >= 11 is 7.71. The molecule has 0 radical (unpaired) electrons. The molecule has 0 aliphatic carbocycles. The fourth-order valence-electron chi connectivity index (χ4n) is 2.77. The maximum atomic E-state index is 7.80. The number of nitrogens with zero attached hydrogens (tertiary/aromatic N) is 4. The van der Waals surface area contributed by atoms with E-state index in [2.05, 4.69) is 22.0 Å². The molecule has 0 aliphatic heterocycles. The van der Waals surface area contributed by atoms with E-state index in [1.807, 2.05) is 24.6 Å². The van der Waals surface area contributed by atoms with E-state index in [1.54, 1.807) is 19.2 Å². The smallest absolute Gasteiger partial charge is 0.142 e. The second-order valence-electron chi connectivity index (χ2n) is 5.57. The van der Waals surface area contributed by atoms with Gasteiger partial charge in [0.1, 0.15) is 21.5 Å². The highest BCUT2D eigenvalue weighted by atomic mass is 35.5. The second kappa shape index (κ2) is 8.45. The van der Waals surface area contributed by atoms with Crippen LogP contribution in [-0.2, 0) is 6.54 Å². The normalized spacial score (nSPS) is 10.4. The Hall–Kier alpha value is -2.51. The highest BCUT2D eigenvalue weighted by Crippen LogP contribution is 2.37. The molecule has 2 N–H and O–H groups in total. The molecule has 0 unspecified atom stereocenters. The quantitative estimate of drug-likeness (QED) is 0.429. The van der Waals surface area contributed by atoms with Crippen LogP contribution in [0, 0.1) is 12.3 Å². The predicted octanol–water partition coefficient (Wildman–Crippen LogP) is 5.37. The first kappa shape index (κ1) is 20.8. The topological polar surface area (TPSA) is 79.5 Å². The molecule has 0 saturated heterocycles. The minimum absolute atomic E-state index is 0. The fraction of sp³-hybridized carbons (Fsp3) is 0.263. The fourth-order valence-corrected chi connectivity index (χ4v) is 3.90. The number of hydrogen-bond donors (Lipinski definition) is 2. The van der Waals surface area contributed by atoms with Gasteiger partial charge in [0.15, 0.2) is 0 Å². The summed E-state index contributed by atoms with van der Waals surface area (Å²) in [6, 6.07) is 3.71. The highest BCUT2D eigenvalue weighted by Gasteiger charge is 2.20. The van der Waals surface area contributed by atoms with Gasteiger partial charge in [-0.15, -0.1) is 11.3 Å². The molecule has 0 fully saturated rings. The summed E-state index contributed by atoms with van der Waals surface area (Å²) in [4.78, 5) is 10.1. The van der Waals surface area contributed by atoms with Gasteiger partial charge in [-0.1, -0.05) is 25.6 Å². The van der Waals surface area contributed by atoms with Crippen LogP contribution in [0.4, 0.5) is 5.69 Å². The number of hydrogen-bond acceptors (Lipinski definition) is 6. The average molecular weight is 403 g/mol.